The van der Waals surface area contributed by atoms with Crippen molar-refractivity contribution in [1.29, 1.82) is 0 Å². The number of carbonyl (C=O) groups excluding carboxylic acids is 3. The van der Waals surface area contributed by atoms with Crippen LogP contribution in [0.25, 0.3) is 0 Å². The van der Waals surface area contributed by atoms with Gasteiger partial charge in [-0.15, -0.1) is 0 Å². The molecule has 190 valence electrons. The van der Waals surface area contributed by atoms with Crippen LogP contribution in [-0.4, -0.2) is 77.2 Å². The lowest BCUT2D eigenvalue weighted by Gasteiger charge is -2.30. The summed E-state index contributed by atoms with van der Waals surface area (Å²) in [5.41, 5.74) is -6.88. The average molecular weight is 497 g/mol. The van der Waals surface area contributed by atoms with Crippen LogP contribution < -0.4 is 20.3 Å². The maximum Gasteiger partial charge on any atom is 0.423 e. The molecule has 34 heavy (non-hydrogen) atoms. The van der Waals surface area contributed by atoms with Gasteiger partial charge in [0.1, 0.15) is 23.7 Å². The standard InChI is InChI=1S/C20H24F5N3O6/c1-10-14(15(30)28(6-7-29)12-8-11(21)4-5-13(12)34-10)27-17(32)19(3,33)16(31)26-9-18(2,22)20(23,24)25/h4-5,8,10,14,29,33H,6-7,9H2,1-3H3,(H,26,31)(H,27,32)/t10-,14+,18?,19+/m1/s1. The molecule has 1 aromatic carbocycles. The van der Waals surface area contributed by atoms with Gasteiger partial charge in [-0.25, -0.2) is 8.78 Å². The Kier molecular flexibility index (Phi) is 7.77. The number of alkyl halides is 4. The van der Waals surface area contributed by atoms with Crippen LogP contribution in [0.1, 0.15) is 20.8 Å². The number of benzene rings is 1. The number of anilines is 1. The van der Waals surface area contributed by atoms with E-state index in [0.717, 1.165) is 17.0 Å². The molecule has 0 bridgehead atoms. The van der Waals surface area contributed by atoms with E-state index in [4.69, 9.17) is 4.74 Å². The number of hydrogen-bond acceptors (Lipinski definition) is 6. The fourth-order valence-corrected chi connectivity index (χ4v) is 2.97. The highest BCUT2D eigenvalue weighted by Crippen LogP contribution is 2.34. The van der Waals surface area contributed by atoms with Gasteiger partial charge in [0.25, 0.3) is 17.7 Å². The summed E-state index contributed by atoms with van der Waals surface area (Å²) in [4.78, 5) is 38.8. The monoisotopic (exact) mass is 497 g/mol. The van der Waals surface area contributed by atoms with Crippen molar-refractivity contribution in [3.8, 4) is 5.75 Å². The molecule has 0 aromatic heterocycles. The molecule has 0 fully saturated rings. The van der Waals surface area contributed by atoms with Gasteiger partial charge in [-0.3, -0.25) is 14.4 Å². The van der Waals surface area contributed by atoms with Gasteiger partial charge in [0.2, 0.25) is 11.3 Å². The summed E-state index contributed by atoms with van der Waals surface area (Å²) >= 11 is 0. The van der Waals surface area contributed by atoms with Gasteiger partial charge >= 0.3 is 6.18 Å². The zero-order valence-corrected chi connectivity index (χ0v) is 18.4. The van der Waals surface area contributed by atoms with Crippen LogP contribution in [0, 0.1) is 5.82 Å². The predicted octanol–water partition coefficient (Wildman–Crippen LogP) is 0.574. The Hall–Kier alpha value is -3.00. The van der Waals surface area contributed by atoms with Crippen molar-refractivity contribution in [3.63, 3.8) is 0 Å². The van der Waals surface area contributed by atoms with Crippen LogP contribution in [0.15, 0.2) is 18.2 Å². The van der Waals surface area contributed by atoms with E-state index in [1.54, 1.807) is 0 Å². The third kappa shape index (κ3) is 5.55. The van der Waals surface area contributed by atoms with E-state index in [1.165, 1.54) is 18.3 Å². The molecule has 1 unspecified atom stereocenters. The third-order valence-corrected chi connectivity index (χ3v) is 5.19. The highest BCUT2D eigenvalue weighted by molar-refractivity contribution is 6.10. The zero-order chi connectivity index (χ0) is 26.1. The molecule has 3 amide bonds. The van der Waals surface area contributed by atoms with Gasteiger partial charge in [0.15, 0.2) is 0 Å². The number of aliphatic hydroxyl groups excluding tert-OH is 1. The van der Waals surface area contributed by atoms with Crippen molar-refractivity contribution in [2.45, 2.75) is 50.4 Å². The molecule has 1 aliphatic rings. The Morgan fingerprint density at radius 3 is 2.35 bits per heavy atom. The first kappa shape index (κ1) is 27.2. The number of carbonyl (C=O) groups is 3. The van der Waals surface area contributed by atoms with Crippen molar-refractivity contribution in [2.75, 3.05) is 24.6 Å². The Labute approximate surface area is 190 Å². The van der Waals surface area contributed by atoms with Gasteiger partial charge in [-0.1, -0.05) is 0 Å². The number of nitrogens with zero attached hydrogens (tertiary/aromatic N) is 1. The average Bonchev–Trinajstić information content (AvgIpc) is 2.81. The first-order valence-corrected chi connectivity index (χ1v) is 9.98. The maximum absolute atomic E-state index is 13.7. The fourth-order valence-electron chi connectivity index (χ4n) is 2.97. The smallest absolute Gasteiger partial charge is 0.423 e. The number of hydrogen-bond donors (Lipinski definition) is 4. The molecule has 14 heteroatoms. The molecule has 0 aliphatic carbocycles. The molecule has 2 rings (SSSR count). The summed E-state index contributed by atoms with van der Waals surface area (Å²) < 4.78 is 71.0. The van der Waals surface area contributed by atoms with Gasteiger partial charge < -0.3 is 30.5 Å². The van der Waals surface area contributed by atoms with Crippen molar-refractivity contribution < 1.29 is 51.3 Å². The van der Waals surface area contributed by atoms with Crippen molar-refractivity contribution >= 4 is 23.4 Å². The lowest BCUT2D eigenvalue weighted by atomic mass is 10.0. The highest BCUT2D eigenvalue weighted by Gasteiger charge is 2.53. The summed E-state index contributed by atoms with van der Waals surface area (Å²) in [6.45, 7) is -0.277. The molecule has 4 N–H and O–H groups in total. The number of β-amino-alcohol motifs (C(OH)–C–C–N with tert-alkyl or cyclic N) is 1. The maximum atomic E-state index is 13.7. The summed E-state index contributed by atoms with van der Waals surface area (Å²) in [6.07, 6.45) is -6.44. The van der Waals surface area contributed by atoms with Crippen molar-refractivity contribution in [3.05, 3.63) is 24.0 Å². The topological polar surface area (TPSA) is 128 Å². The Balaban J connectivity index is 2.23. The summed E-state index contributed by atoms with van der Waals surface area (Å²) in [5, 5.41) is 23.3. The van der Waals surface area contributed by atoms with E-state index in [1.807, 2.05) is 0 Å². The predicted molar refractivity (Wildman–Crippen MR) is 107 cm³/mol. The van der Waals surface area contributed by atoms with Gasteiger partial charge in [-0.2, -0.15) is 13.2 Å². The molecular formula is C20H24F5N3O6. The number of rotatable bonds is 7. The van der Waals surface area contributed by atoms with Crippen LogP contribution in [0.3, 0.4) is 0 Å². The Morgan fingerprint density at radius 1 is 1.18 bits per heavy atom. The second-order valence-corrected chi connectivity index (χ2v) is 8.05. The Bertz CT molecular complexity index is 953. The summed E-state index contributed by atoms with van der Waals surface area (Å²) in [5.74, 6) is -4.69. The minimum Gasteiger partial charge on any atom is -0.486 e. The lowest BCUT2D eigenvalue weighted by Crippen LogP contribution is -2.63. The Morgan fingerprint density at radius 2 is 1.79 bits per heavy atom. The van der Waals surface area contributed by atoms with Crippen molar-refractivity contribution in [1.82, 2.24) is 10.6 Å². The molecule has 0 saturated heterocycles. The van der Waals surface area contributed by atoms with E-state index in [-0.39, 0.29) is 24.9 Å². The highest BCUT2D eigenvalue weighted by atomic mass is 19.4. The van der Waals surface area contributed by atoms with Gasteiger partial charge in [0, 0.05) is 12.6 Å². The largest absolute Gasteiger partial charge is 0.486 e. The molecule has 1 heterocycles. The van der Waals surface area contributed by atoms with E-state index in [9.17, 15) is 46.5 Å². The molecule has 1 aliphatic heterocycles. The van der Waals surface area contributed by atoms with Gasteiger partial charge in [0.05, 0.1) is 18.8 Å². The first-order valence-electron chi connectivity index (χ1n) is 9.98. The second kappa shape index (κ2) is 9.70. The molecule has 9 nitrogen and oxygen atoms in total. The van der Waals surface area contributed by atoms with Crippen molar-refractivity contribution in [2.24, 2.45) is 0 Å². The van der Waals surface area contributed by atoms with Crippen LogP contribution in [-0.2, 0) is 14.4 Å². The van der Waals surface area contributed by atoms with Crippen LogP contribution in [0.4, 0.5) is 27.6 Å². The van der Waals surface area contributed by atoms with Crippen LogP contribution >= 0.6 is 0 Å². The van der Waals surface area contributed by atoms with E-state index in [0.29, 0.717) is 6.92 Å². The second-order valence-electron chi connectivity index (χ2n) is 8.05. The molecule has 1 aromatic rings. The minimum absolute atomic E-state index is 0.0402. The summed E-state index contributed by atoms with van der Waals surface area (Å²) in [6, 6.07) is 1.69. The normalized spacial score (nSPS) is 21.9. The summed E-state index contributed by atoms with van der Waals surface area (Å²) in [7, 11) is 0. The third-order valence-electron chi connectivity index (χ3n) is 5.19. The molecule has 0 radical (unpaired) electrons. The molecule has 0 saturated carbocycles. The van der Waals surface area contributed by atoms with E-state index >= 15 is 0 Å². The van der Waals surface area contributed by atoms with Crippen LogP contribution in [0.2, 0.25) is 0 Å². The molecule has 0 spiro atoms. The number of ether oxygens (including phenoxy) is 1. The van der Waals surface area contributed by atoms with Gasteiger partial charge in [-0.05, 0) is 32.9 Å². The first-order chi connectivity index (χ1) is 15.5. The number of aliphatic hydroxyl groups is 2. The number of halogens is 5. The molecular weight excluding hydrogens is 473 g/mol. The zero-order valence-electron chi connectivity index (χ0n) is 18.4. The molecule has 4 atom stereocenters. The van der Waals surface area contributed by atoms with E-state index in [2.05, 4.69) is 5.32 Å². The minimum atomic E-state index is -5.32. The number of amides is 3. The fraction of sp³-hybridized carbons (Fsp3) is 0.550. The van der Waals surface area contributed by atoms with Crippen LogP contribution in [0.5, 0.6) is 5.75 Å². The quantitative estimate of drug-likeness (QED) is 0.322. The lowest BCUT2D eigenvalue weighted by molar-refractivity contribution is -0.221. The number of nitrogens with one attached hydrogen (secondary N) is 2. The van der Waals surface area contributed by atoms with E-state index < -0.39 is 66.3 Å². The SMILES string of the molecule is C[C@H]1Oc2ccc(F)cc2N(CCO)C(=O)[C@H]1NC(=O)[C@@](C)(O)C(=O)NCC(C)(F)C(F)(F)F. The number of fused-ring (bicyclic) bond motifs is 1.